The first kappa shape index (κ1) is 16.9. The predicted molar refractivity (Wildman–Crippen MR) is 96.8 cm³/mol. The van der Waals surface area contributed by atoms with Crippen LogP contribution in [0.1, 0.15) is 10.4 Å². The lowest BCUT2D eigenvalue weighted by atomic mass is 10.1. The first-order valence-corrected chi connectivity index (χ1v) is 7.77. The van der Waals surface area contributed by atoms with E-state index in [1.165, 1.54) is 18.7 Å². The quantitative estimate of drug-likeness (QED) is 0.753. The molecule has 3 aromatic rings. The summed E-state index contributed by atoms with van der Waals surface area (Å²) in [5, 5.41) is 14.0. The van der Waals surface area contributed by atoms with E-state index in [2.05, 4.69) is 5.32 Å². The summed E-state index contributed by atoms with van der Waals surface area (Å²) in [6.45, 7) is 0. The second-order valence-corrected chi connectivity index (χ2v) is 5.84. The van der Waals surface area contributed by atoms with Gasteiger partial charge in [-0.2, -0.15) is 0 Å². The van der Waals surface area contributed by atoms with Crippen molar-refractivity contribution in [1.29, 1.82) is 0 Å². The normalized spacial score (nSPS) is 10.7. The number of aryl methyl sites for hydroxylation is 1. The molecule has 0 radical (unpaired) electrons. The van der Waals surface area contributed by atoms with E-state index in [9.17, 15) is 14.7 Å². The predicted octanol–water partition coefficient (Wildman–Crippen LogP) is 3.16. The highest BCUT2D eigenvalue weighted by Gasteiger charge is 2.23. The average Bonchev–Trinajstić information content (AvgIpc) is 2.61. The molecule has 0 bridgehead atoms. The molecular weight excluding hydrogens is 344 g/mol. The number of amides is 1. The summed E-state index contributed by atoms with van der Waals surface area (Å²) in [6.07, 6.45) is 0. The number of nitrogens with one attached hydrogen (secondary N) is 1. The molecule has 1 aromatic heterocycles. The fourth-order valence-electron chi connectivity index (χ4n) is 2.64. The van der Waals surface area contributed by atoms with Gasteiger partial charge in [-0.15, -0.1) is 0 Å². The van der Waals surface area contributed by atoms with Crippen LogP contribution in [0.5, 0.6) is 11.5 Å². The van der Waals surface area contributed by atoms with Crippen molar-refractivity contribution in [3.05, 3.63) is 63.4 Å². The molecular formula is C18H15ClN2O4. The van der Waals surface area contributed by atoms with Crippen LogP contribution in [-0.4, -0.2) is 22.7 Å². The van der Waals surface area contributed by atoms with E-state index >= 15 is 0 Å². The minimum Gasteiger partial charge on any atom is -0.506 e. The summed E-state index contributed by atoms with van der Waals surface area (Å²) in [6, 6.07) is 11.4. The van der Waals surface area contributed by atoms with E-state index < -0.39 is 17.2 Å². The van der Waals surface area contributed by atoms with Gasteiger partial charge in [0.15, 0.2) is 0 Å². The lowest BCUT2D eigenvalue weighted by Gasteiger charge is -2.14. The molecule has 0 unspecified atom stereocenters. The van der Waals surface area contributed by atoms with E-state index in [0.717, 1.165) is 0 Å². The Balaban J connectivity index is 2.17. The standard InChI is InChI=1S/C18H15ClN2O4/c1-21-12-4-3-5-13(25-2)14(12)16(22)15(18(21)24)17(23)20-11-8-6-10(19)7-9-11/h3-9,22H,1-2H3,(H,20,23). The molecule has 0 aliphatic heterocycles. The summed E-state index contributed by atoms with van der Waals surface area (Å²) < 4.78 is 6.55. The van der Waals surface area contributed by atoms with Crippen LogP contribution in [0.2, 0.25) is 5.02 Å². The Labute approximate surface area is 148 Å². The van der Waals surface area contributed by atoms with Gasteiger partial charge in [-0.25, -0.2) is 0 Å². The van der Waals surface area contributed by atoms with Gasteiger partial charge < -0.3 is 19.7 Å². The highest BCUT2D eigenvalue weighted by Crippen LogP contribution is 2.34. The second-order valence-electron chi connectivity index (χ2n) is 5.40. The number of ether oxygens (including phenoxy) is 1. The van der Waals surface area contributed by atoms with Gasteiger partial charge in [0.05, 0.1) is 18.0 Å². The third-order valence-electron chi connectivity index (χ3n) is 3.91. The first-order chi connectivity index (χ1) is 11.9. The van der Waals surface area contributed by atoms with Gasteiger partial charge in [-0.3, -0.25) is 9.59 Å². The number of fused-ring (bicyclic) bond motifs is 1. The fourth-order valence-corrected chi connectivity index (χ4v) is 2.77. The molecule has 128 valence electrons. The first-order valence-electron chi connectivity index (χ1n) is 7.39. The minimum absolute atomic E-state index is 0.299. The molecule has 6 nitrogen and oxygen atoms in total. The van der Waals surface area contributed by atoms with Crippen LogP contribution < -0.4 is 15.6 Å². The van der Waals surface area contributed by atoms with Gasteiger partial charge in [-0.05, 0) is 36.4 Å². The number of aromatic hydroxyl groups is 1. The van der Waals surface area contributed by atoms with Gasteiger partial charge in [0.1, 0.15) is 17.1 Å². The number of anilines is 1. The van der Waals surface area contributed by atoms with Crippen molar-refractivity contribution in [3.8, 4) is 11.5 Å². The maximum Gasteiger partial charge on any atom is 0.267 e. The molecule has 1 heterocycles. The average molecular weight is 359 g/mol. The SMILES string of the molecule is COc1cccc2c1c(O)c(C(=O)Nc1ccc(Cl)cc1)c(=O)n2C. The maximum atomic E-state index is 12.6. The topological polar surface area (TPSA) is 80.6 Å². The van der Waals surface area contributed by atoms with Crippen LogP contribution in [0.15, 0.2) is 47.3 Å². The number of halogens is 1. The summed E-state index contributed by atoms with van der Waals surface area (Å²) in [5.74, 6) is -0.763. The zero-order valence-corrected chi connectivity index (χ0v) is 14.3. The number of hydrogen-bond donors (Lipinski definition) is 2. The van der Waals surface area contributed by atoms with E-state index in [1.54, 1.807) is 42.5 Å². The van der Waals surface area contributed by atoms with Crippen LogP contribution in [0, 0.1) is 0 Å². The number of aromatic nitrogens is 1. The molecule has 0 fully saturated rings. The van der Waals surface area contributed by atoms with Crippen molar-refractivity contribution >= 4 is 34.1 Å². The summed E-state index contributed by atoms with van der Waals surface area (Å²) in [4.78, 5) is 25.1. The molecule has 0 aliphatic rings. The number of carbonyl (C=O) groups is 1. The zero-order chi connectivity index (χ0) is 18.1. The lowest BCUT2D eigenvalue weighted by Crippen LogP contribution is -2.28. The second kappa shape index (κ2) is 6.49. The van der Waals surface area contributed by atoms with Crippen molar-refractivity contribution in [2.24, 2.45) is 7.05 Å². The van der Waals surface area contributed by atoms with E-state index in [-0.39, 0.29) is 5.56 Å². The van der Waals surface area contributed by atoms with Crippen molar-refractivity contribution in [2.45, 2.75) is 0 Å². The molecule has 25 heavy (non-hydrogen) atoms. The third-order valence-corrected chi connectivity index (χ3v) is 4.16. The molecule has 0 spiro atoms. The molecule has 3 rings (SSSR count). The number of methoxy groups -OCH3 is 1. The van der Waals surface area contributed by atoms with Crippen molar-refractivity contribution < 1.29 is 14.6 Å². The van der Waals surface area contributed by atoms with Crippen molar-refractivity contribution in [1.82, 2.24) is 4.57 Å². The molecule has 0 saturated heterocycles. The zero-order valence-electron chi connectivity index (χ0n) is 13.5. The molecule has 7 heteroatoms. The molecule has 0 atom stereocenters. The van der Waals surface area contributed by atoms with Crippen LogP contribution in [0.4, 0.5) is 5.69 Å². The highest BCUT2D eigenvalue weighted by atomic mass is 35.5. The Morgan fingerprint density at radius 3 is 2.52 bits per heavy atom. The monoisotopic (exact) mass is 358 g/mol. The summed E-state index contributed by atoms with van der Waals surface area (Å²) >= 11 is 5.82. The van der Waals surface area contributed by atoms with Gasteiger partial charge in [-0.1, -0.05) is 17.7 Å². The van der Waals surface area contributed by atoms with E-state index in [1.807, 2.05) is 0 Å². The summed E-state index contributed by atoms with van der Waals surface area (Å²) in [5.41, 5.74) is -0.0416. The Hall–Kier alpha value is -2.99. The van der Waals surface area contributed by atoms with Gasteiger partial charge in [0.25, 0.3) is 11.5 Å². The molecule has 2 N–H and O–H groups in total. The number of pyridine rings is 1. The fraction of sp³-hybridized carbons (Fsp3) is 0.111. The molecule has 1 amide bonds. The highest BCUT2D eigenvalue weighted by molar-refractivity contribution is 6.30. The largest absolute Gasteiger partial charge is 0.506 e. The van der Waals surface area contributed by atoms with Crippen LogP contribution in [0.25, 0.3) is 10.9 Å². The van der Waals surface area contributed by atoms with Crippen LogP contribution >= 0.6 is 11.6 Å². The van der Waals surface area contributed by atoms with E-state index in [4.69, 9.17) is 16.3 Å². The minimum atomic E-state index is -0.715. The molecule has 2 aromatic carbocycles. The van der Waals surface area contributed by atoms with Crippen LogP contribution in [-0.2, 0) is 7.05 Å². The number of benzene rings is 2. The lowest BCUT2D eigenvalue weighted by molar-refractivity contribution is 0.102. The number of carbonyl (C=O) groups excluding carboxylic acids is 1. The Kier molecular flexibility index (Phi) is 4.37. The van der Waals surface area contributed by atoms with E-state index in [0.29, 0.717) is 27.4 Å². The van der Waals surface area contributed by atoms with Gasteiger partial charge >= 0.3 is 0 Å². The number of rotatable bonds is 3. The molecule has 0 aliphatic carbocycles. The van der Waals surface area contributed by atoms with Gasteiger partial charge in [0, 0.05) is 17.8 Å². The van der Waals surface area contributed by atoms with Crippen molar-refractivity contribution in [3.63, 3.8) is 0 Å². The Morgan fingerprint density at radius 1 is 1.20 bits per heavy atom. The smallest absolute Gasteiger partial charge is 0.267 e. The number of nitrogens with zero attached hydrogens (tertiary/aromatic N) is 1. The van der Waals surface area contributed by atoms with Gasteiger partial charge in [0.2, 0.25) is 0 Å². The summed E-state index contributed by atoms with van der Waals surface area (Å²) in [7, 11) is 2.98. The Bertz CT molecular complexity index is 1030. The third kappa shape index (κ3) is 2.92. The van der Waals surface area contributed by atoms with Crippen LogP contribution in [0.3, 0.4) is 0 Å². The number of hydrogen-bond acceptors (Lipinski definition) is 4. The Morgan fingerprint density at radius 2 is 1.88 bits per heavy atom. The maximum absolute atomic E-state index is 12.6. The molecule has 0 saturated carbocycles. The van der Waals surface area contributed by atoms with Crippen molar-refractivity contribution in [2.75, 3.05) is 12.4 Å².